The minimum Gasteiger partial charge on any atom is -0.310 e. The van der Waals surface area contributed by atoms with Gasteiger partial charge in [0.1, 0.15) is 0 Å². The molecule has 0 N–H and O–H groups in total. The molecule has 9 rings (SSSR count). The van der Waals surface area contributed by atoms with Crippen LogP contribution in [0.25, 0.3) is 60.9 Å². The van der Waals surface area contributed by atoms with E-state index in [0.29, 0.717) is 0 Å². The van der Waals surface area contributed by atoms with E-state index in [1.54, 1.807) is 0 Å². The Bertz CT molecular complexity index is 2450. The highest BCUT2D eigenvalue weighted by atomic mass is 15.1. The molecule has 0 aliphatic heterocycles. The summed E-state index contributed by atoms with van der Waals surface area (Å²) in [5.74, 6) is 0. The monoisotopic (exact) mass is 638 g/mol. The molecule has 0 aliphatic carbocycles. The lowest BCUT2D eigenvalue weighted by Gasteiger charge is -2.27. The van der Waals surface area contributed by atoms with Gasteiger partial charge in [0, 0.05) is 27.8 Å². The topological polar surface area (TPSA) is 8.17 Å². The van der Waals surface area contributed by atoms with E-state index in [1.807, 2.05) is 0 Å². The molecule has 0 fully saturated rings. The van der Waals surface area contributed by atoms with E-state index < -0.39 is 0 Å². The molecule has 0 bridgehead atoms. The molecule has 1 heterocycles. The third-order valence-electron chi connectivity index (χ3n) is 9.60. The number of aromatic nitrogens is 1. The lowest BCUT2D eigenvalue weighted by atomic mass is 10.0. The van der Waals surface area contributed by atoms with E-state index in [9.17, 15) is 0 Å². The molecule has 0 amide bonds. The van der Waals surface area contributed by atoms with Crippen molar-refractivity contribution in [2.24, 2.45) is 0 Å². The van der Waals surface area contributed by atoms with Gasteiger partial charge in [-0.05, 0) is 94.0 Å². The molecule has 0 atom stereocenters. The van der Waals surface area contributed by atoms with E-state index in [-0.39, 0.29) is 0 Å². The maximum absolute atomic E-state index is 2.41. The van der Waals surface area contributed by atoms with Gasteiger partial charge in [-0.2, -0.15) is 0 Å². The van der Waals surface area contributed by atoms with Crippen LogP contribution >= 0.6 is 0 Å². The lowest BCUT2D eigenvalue weighted by molar-refractivity contribution is 1.18. The molecule has 2 nitrogen and oxygen atoms in total. The Hall–Kier alpha value is -6.64. The zero-order chi connectivity index (χ0) is 33.3. The highest BCUT2D eigenvalue weighted by Crippen LogP contribution is 2.45. The first-order valence-electron chi connectivity index (χ1n) is 17.1. The van der Waals surface area contributed by atoms with Crippen LogP contribution in [-0.2, 0) is 0 Å². The minimum atomic E-state index is 1.10. The van der Waals surface area contributed by atoms with Gasteiger partial charge in [0.25, 0.3) is 0 Å². The fraction of sp³-hybridized carbons (Fsp3) is 0. The number of anilines is 3. The van der Waals surface area contributed by atoms with Gasteiger partial charge in [0.2, 0.25) is 0 Å². The third kappa shape index (κ3) is 5.34. The molecule has 8 aromatic carbocycles. The molecule has 236 valence electrons. The van der Waals surface area contributed by atoms with Crippen LogP contribution in [0.15, 0.2) is 206 Å². The van der Waals surface area contributed by atoms with Gasteiger partial charge in [-0.3, -0.25) is 0 Å². The average molecular weight is 639 g/mol. The van der Waals surface area contributed by atoms with Crippen molar-refractivity contribution in [2.45, 2.75) is 0 Å². The Morgan fingerprint density at radius 3 is 1.28 bits per heavy atom. The van der Waals surface area contributed by atoms with E-state index >= 15 is 0 Å². The van der Waals surface area contributed by atoms with Crippen molar-refractivity contribution in [2.75, 3.05) is 4.90 Å². The summed E-state index contributed by atoms with van der Waals surface area (Å²) in [6.45, 7) is 0. The smallest absolute Gasteiger partial charge is 0.0562 e. The molecule has 0 unspecified atom stereocenters. The highest BCUT2D eigenvalue weighted by Gasteiger charge is 2.21. The summed E-state index contributed by atoms with van der Waals surface area (Å²) in [5, 5.41) is 2.43. The van der Waals surface area contributed by atoms with Crippen LogP contribution < -0.4 is 4.90 Å². The number of hydrogen-bond acceptors (Lipinski definition) is 1. The van der Waals surface area contributed by atoms with Crippen molar-refractivity contribution in [1.82, 2.24) is 4.57 Å². The lowest BCUT2D eigenvalue weighted by Crippen LogP contribution is -2.10. The average Bonchev–Trinajstić information content (AvgIpc) is 3.54. The SMILES string of the molecule is c1ccc(-c2ccc(N(c3ccc(-c4ccccc4)cc3)c3cccc4c3c3cc(-c5ccccc5)ccc3n4-c3ccccc3)cc2)cc1. The maximum Gasteiger partial charge on any atom is 0.0562 e. The van der Waals surface area contributed by atoms with Gasteiger partial charge < -0.3 is 9.47 Å². The Morgan fingerprint density at radius 1 is 0.320 bits per heavy atom. The van der Waals surface area contributed by atoms with E-state index in [4.69, 9.17) is 0 Å². The third-order valence-corrected chi connectivity index (χ3v) is 9.60. The predicted molar refractivity (Wildman–Crippen MR) is 212 cm³/mol. The van der Waals surface area contributed by atoms with Crippen LogP contribution in [0.3, 0.4) is 0 Å². The van der Waals surface area contributed by atoms with Crippen LogP contribution in [0.4, 0.5) is 17.1 Å². The van der Waals surface area contributed by atoms with Crippen LogP contribution in [0, 0.1) is 0 Å². The minimum absolute atomic E-state index is 1.10. The van der Waals surface area contributed by atoms with Gasteiger partial charge in [-0.15, -0.1) is 0 Å². The normalized spacial score (nSPS) is 11.2. The van der Waals surface area contributed by atoms with Crippen LogP contribution in [0.2, 0.25) is 0 Å². The molecule has 0 radical (unpaired) electrons. The second-order valence-electron chi connectivity index (χ2n) is 12.6. The van der Waals surface area contributed by atoms with Gasteiger partial charge >= 0.3 is 0 Å². The first kappa shape index (κ1) is 29.5. The summed E-state index contributed by atoms with van der Waals surface area (Å²) in [4.78, 5) is 2.41. The standard InChI is InChI=1S/C48H34N2/c1-5-14-35(15-6-1)38-24-29-42(30-25-38)49(43-31-26-39(27-32-43)36-16-7-2-8-17-36)46-22-13-23-47-48(46)44-34-40(37-18-9-3-10-19-37)28-33-45(44)50(47)41-20-11-4-12-21-41/h1-34H. The fourth-order valence-electron chi connectivity index (χ4n) is 7.20. The summed E-state index contributed by atoms with van der Waals surface area (Å²) < 4.78 is 2.40. The van der Waals surface area contributed by atoms with Gasteiger partial charge in [0.15, 0.2) is 0 Å². The number of nitrogens with zero attached hydrogens (tertiary/aromatic N) is 2. The number of rotatable bonds is 7. The Morgan fingerprint density at radius 2 is 0.760 bits per heavy atom. The molecular weight excluding hydrogens is 605 g/mol. The van der Waals surface area contributed by atoms with Crippen molar-refractivity contribution in [3.05, 3.63) is 206 Å². The Labute approximate surface area is 292 Å². The quantitative estimate of drug-likeness (QED) is 0.169. The Balaban J connectivity index is 1.29. The summed E-state index contributed by atoms with van der Waals surface area (Å²) in [5.41, 5.74) is 14.0. The second kappa shape index (κ2) is 12.8. The molecule has 9 aromatic rings. The van der Waals surface area contributed by atoms with E-state index in [0.717, 1.165) is 22.7 Å². The molecule has 0 saturated carbocycles. The number of benzene rings is 8. The summed E-state index contributed by atoms with van der Waals surface area (Å²) in [6.07, 6.45) is 0. The van der Waals surface area contributed by atoms with Crippen LogP contribution in [-0.4, -0.2) is 4.57 Å². The van der Waals surface area contributed by atoms with Gasteiger partial charge in [0.05, 0.1) is 16.7 Å². The number of fused-ring (bicyclic) bond motifs is 3. The summed E-state index contributed by atoms with van der Waals surface area (Å²) in [7, 11) is 0. The van der Waals surface area contributed by atoms with Crippen molar-refractivity contribution in [3.8, 4) is 39.1 Å². The first-order chi connectivity index (χ1) is 24.8. The maximum atomic E-state index is 2.41. The Kier molecular flexibility index (Phi) is 7.53. The van der Waals surface area contributed by atoms with Crippen molar-refractivity contribution >= 4 is 38.9 Å². The molecule has 1 aromatic heterocycles. The molecule has 2 heteroatoms. The zero-order valence-corrected chi connectivity index (χ0v) is 27.5. The van der Waals surface area contributed by atoms with Crippen molar-refractivity contribution < 1.29 is 0 Å². The van der Waals surface area contributed by atoms with E-state index in [2.05, 4.69) is 216 Å². The molecule has 0 saturated heterocycles. The van der Waals surface area contributed by atoms with Gasteiger partial charge in [-0.1, -0.05) is 146 Å². The van der Waals surface area contributed by atoms with E-state index in [1.165, 1.54) is 55.2 Å². The number of para-hydroxylation sites is 1. The van der Waals surface area contributed by atoms with Crippen LogP contribution in [0.1, 0.15) is 0 Å². The van der Waals surface area contributed by atoms with Crippen molar-refractivity contribution in [3.63, 3.8) is 0 Å². The van der Waals surface area contributed by atoms with Crippen LogP contribution in [0.5, 0.6) is 0 Å². The number of hydrogen-bond donors (Lipinski definition) is 0. The summed E-state index contributed by atoms with van der Waals surface area (Å²) in [6, 6.07) is 74.1. The molecule has 0 aliphatic rings. The predicted octanol–water partition coefficient (Wildman–Crippen LogP) is 13.3. The molecule has 50 heavy (non-hydrogen) atoms. The molecule has 0 spiro atoms. The molecular formula is C48H34N2. The highest BCUT2D eigenvalue weighted by molar-refractivity contribution is 6.17. The fourth-order valence-corrected chi connectivity index (χ4v) is 7.20. The largest absolute Gasteiger partial charge is 0.310 e. The first-order valence-corrected chi connectivity index (χ1v) is 17.1. The summed E-state index contributed by atoms with van der Waals surface area (Å²) >= 11 is 0. The second-order valence-corrected chi connectivity index (χ2v) is 12.6. The van der Waals surface area contributed by atoms with Gasteiger partial charge in [-0.25, -0.2) is 0 Å². The zero-order valence-electron chi connectivity index (χ0n) is 27.5. The van der Waals surface area contributed by atoms with Crippen molar-refractivity contribution in [1.29, 1.82) is 0 Å².